The molecule has 0 fully saturated rings. The molecule has 3 heteroatoms. The Hall–Kier alpha value is -0.930. The van der Waals surface area contributed by atoms with Crippen LogP contribution < -0.4 is 0 Å². The van der Waals surface area contributed by atoms with Gasteiger partial charge in [0.2, 0.25) is 0 Å². The molecule has 0 unspecified atom stereocenters. The summed E-state index contributed by atoms with van der Waals surface area (Å²) in [6, 6.07) is 9.84. The van der Waals surface area contributed by atoms with E-state index in [0.29, 0.717) is 0 Å². The zero-order valence-electron chi connectivity index (χ0n) is 10.3. The maximum absolute atomic E-state index is 11.9. The van der Waals surface area contributed by atoms with Crippen molar-refractivity contribution in [2.24, 2.45) is 0 Å². The van der Waals surface area contributed by atoms with Crippen molar-refractivity contribution < 1.29 is 4.79 Å². The van der Waals surface area contributed by atoms with Gasteiger partial charge in [0.25, 0.3) is 0 Å². The molecule has 1 aromatic rings. The Bertz CT molecular complexity index is 427. The molecular formula is C14H16OS2. The predicted molar refractivity (Wildman–Crippen MR) is 80.2 cm³/mol. The van der Waals surface area contributed by atoms with E-state index in [1.807, 2.05) is 55.8 Å². The smallest absolute Gasteiger partial charge is 0.183 e. The number of rotatable bonds is 5. The van der Waals surface area contributed by atoms with Crippen molar-refractivity contribution in [3.63, 3.8) is 0 Å². The summed E-state index contributed by atoms with van der Waals surface area (Å²) in [5.74, 6) is 0.0764. The van der Waals surface area contributed by atoms with Crippen molar-refractivity contribution in [1.82, 2.24) is 0 Å². The van der Waals surface area contributed by atoms with Crippen LogP contribution in [0, 0.1) is 0 Å². The van der Waals surface area contributed by atoms with Gasteiger partial charge in [-0.25, -0.2) is 0 Å². The van der Waals surface area contributed by atoms with Crippen LogP contribution in [0.2, 0.25) is 0 Å². The molecule has 90 valence electrons. The normalized spacial score (nSPS) is 10.5. The van der Waals surface area contributed by atoms with E-state index < -0.39 is 0 Å². The minimum atomic E-state index is 0.0764. The lowest BCUT2D eigenvalue weighted by Gasteiger charge is -2.03. The fraction of sp³-hybridized carbons (Fsp3) is 0.214. The van der Waals surface area contributed by atoms with Gasteiger partial charge in [0.1, 0.15) is 0 Å². The second-order valence-electron chi connectivity index (χ2n) is 3.43. The van der Waals surface area contributed by atoms with E-state index in [1.165, 1.54) is 0 Å². The maximum Gasteiger partial charge on any atom is 0.183 e. The molecule has 1 nitrogen and oxygen atoms in total. The summed E-state index contributed by atoms with van der Waals surface area (Å²) in [4.78, 5) is 11.9. The lowest BCUT2D eigenvalue weighted by Crippen LogP contribution is -1.96. The summed E-state index contributed by atoms with van der Waals surface area (Å²) in [7, 11) is 0. The Labute approximate surface area is 111 Å². The third-order valence-electron chi connectivity index (χ3n) is 2.27. The van der Waals surface area contributed by atoms with Gasteiger partial charge < -0.3 is 0 Å². The number of benzene rings is 1. The number of ketones is 1. The Kier molecular flexibility index (Phi) is 6.16. The third kappa shape index (κ3) is 4.44. The average molecular weight is 264 g/mol. The lowest BCUT2D eigenvalue weighted by molar-refractivity contribution is -0.111. The number of thioether (sulfide) groups is 2. The van der Waals surface area contributed by atoms with Gasteiger partial charge in [-0.2, -0.15) is 0 Å². The summed E-state index contributed by atoms with van der Waals surface area (Å²) < 4.78 is 1.08. The molecule has 0 aromatic heterocycles. The molecule has 0 heterocycles. The van der Waals surface area contributed by atoms with Crippen LogP contribution >= 0.6 is 23.5 Å². The highest BCUT2D eigenvalue weighted by Crippen LogP contribution is 2.27. The highest BCUT2D eigenvalue weighted by Gasteiger charge is 2.06. The van der Waals surface area contributed by atoms with Gasteiger partial charge in [-0.15, -0.1) is 23.5 Å². The van der Waals surface area contributed by atoms with Crippen molar-refractivity contribution in [3.8, 4) is 0 Å². The van der Waals surface area contributed by atoms with Gasteiger partial charge in [0, 0.05) is 9.81 Å². The SMILES string of the molecule is CSC(SC)=C(C)C(=O)/C=C/c1ccccc1. The minimum absolute atomic E-state index is 0.0764. The van der Waals surface area contributed by atoms with Crippen molar-refractivity contribution in [3.05, 3.63) is 51.8 Å². The molecule has 0 amide bonds. The quantitative estimate of drug-likeness (QED) is 0.741. The highest BCUT2D eigenvalue weighted by atomic mass is 32.2. The fourth-order valence-corrected chi connectivity index (χ4v) is 2.83. The second-order valence-corrected chi connectivity index (χ2v) is 5.32. The predicted octanol–water partition coefficient (Wildman–Crippen LogP) is 4.23. The molecule has 1 aromatic carbocycles. The van der Waals surface area contributed by atoms with Crippen LogP contribution in [-0.4, -0.2) is 18.3 Å². The zero-order chi connectivity index (χ0) is 12.7. The number of hydrogen-bond acceptors (Lipinski definition) is 3. The topological polar surface area (TPSA) is 17.1 Å². The van der Waals surface area contributed by atoms with Crippen molar-refractivity contribution in [2.75, 3.05) is 12.5 Å². The number of hydrogen-bond donors (Lipinski definition) is 0. The van der Waals surface area contributed by atoms with E-state index in [0.717, 1.165) is 15.4 Å². The fourth-order valence-electron chi connectivity index (χ4n) is 1.35. The van der Waals surface area contributed by atoms with Gasteiger partial charge >= 0.3 is 0 Å². The second kappa shape index (κ2) is 7.41. The first-order valence-corrected chi connectivity index (χ1v) is 7.70. The largest absolute Gasteiger partial charge is 0.290 e. The molecule has 17 heavy (non-hydrogen) atoms. The number of carbonyl (C=O) groups excluding carboxylic acids is 1. The summed E-state index contributed by atoms with van der Waals surface area (Å²) in [6.45, 7) is 1.88. The van der Waals surface area contributed by atoms with Crippen LogP contribution in [0.1, 0.15) is 12.5 Å². The van der Waals surface area contributed by atoms with E-state index in [2.05, 4.69) is 0 Å². The van der Waals surface area contributed by atoms with Crippen molar-refractivity contribution in [1.29, 1.82) is 0 Å². The van der Waals surface area contributed by atoms with Gasteiger partial charge in [-0.1, -0.05) is 36.4 Å². The summed E-state index contributed by atoms with van der Waals surface area (Å²) in [5, 5.41) is 0. The highest BCUT2D eigenvalue weighted by molar-refractivity contribution is 8.21. The Morgan fingerprint density at radius 2 is 1.71 bits per heavy atom. The molecule has 0 spiro atoms. The molecule has 0 bridgehead atoms. The number of allylic oxidation sites excluding steroid dienone is 2. The van der Waals surface area contributed by atoms with Crippen LogP contribution in [0.3, 0.4) is 0 Å². The average Bonchev–Trinajstić information content (AvgIpc) is 2.38. The van der Waals surface area contributed by atoms with Crippen LogP contribution in [0.15, 0.2) is 46.2 Å². The Balaban J connectivity index is 2.80. The minimum Gasteiger partial charge on any atom is -0.290 e. The first kappa shape index (κ1) is 14.1. The molecule has 0 aliphatic heterocycles. The number of carbonyl (C=O) groups is 1. The molecule has 0 atom stereocenters. The van der Waals surface area contributed by atoms with Crippen molar-refractivity contribution in [2.45, 2.75) is 6.92 Å². The van der Waals surface area contributed by atoms with Crippen LogP contribution in [-0.2, 0) is 4.79 Å². The first-order valence-electron chi connectivity index (χ1n) is 5.25. The molecular weight excluding hydrogens is 248 g/mol. The van der Waals surface area contributed by atoms with Gasteiger partial charge in [0.15, 0.2) is 5.78 Å². The van der Waals surface area contributed by atoms with E-state index in [1.54, 1.807) is 29.6 Å². The van der Waals surface area contributed by atoms with Crippen molar-refractivity contribution >= 4 is 35.4 Å². The van der Waals surface area contributed by atoms with Crippen LogP contribution in [0.5, 0.6) is 0 Å². The monoisotopic (exact) mass is 264 g/mol. The Morgan fingerprint density at radius 1 is 1.12 bits per heavy atom. The van der Waals surface area contributed by atoms with Gasteiger partial charge in [-0.3, -0.25) is 4.79 Å². The zero-order valence-corrected chi connectivity index (χ0v) is 11.9. The third-order valence-corrected chi connectivity index (χ3v) is 4.63. The molecule has 0 aliphatic rings. The molecule has 0 N–H and O–H groups in total. The molecule has 0 saturated heterocycles. The van der Waals surface area contributed by atoms with E-state index >= 15 is 0 Å². The van der Waals surface area contributed by atoms with Gasteiger partial charge in [-0.05, 0) is 31.1 Å². The van der Waals surface area contributed by atoms with Gasteiger partial charge in [0.05, 0.1) is 0 Å². The maximum atomic E-state index is 11.9. The standard InChI is InChI=1S/C14H16OS2/c1-11(14(16-2)17-3)13(15)10-9-12-7-5-4-6-8-12/h4-10H,1-3H3/b10-9+. The lowest BCUT2D eigenvalue weighted by atomic mass is 10.1. The first-order chi connectivity index (χ1) is 8.19. The summed E-state index contributed by atoms with van der Waals surface area (Å²) in [6.07, 6.45) is 7.47. The van der Waals surface area contributed by atoms with Crippen LogP contribution in [0.25, 0.3) is 6.08 Å². The molecule has 0 radical (unpaired) electrons. The summed E-state index contributed by atoms with van der Waals surface area (Å²) >= 11 is 3.23. The van der Waals surface area contributed by atoms with Crippen LogP contribution in [0.4, 0.5) is 0 Å². The van der Waals surface area contributed by atoms with E-state index in [9.17, 15) is 4.79 Å². The molecule has 1 rings (SSSR count). The van der Waals surface area contributed by atoms with E-state index in [-0.39, 0.29) is 5.78 Å². The Morgan fingerprint density at radius 3 is 2.24 bits per heavy atom. The summed E-state index contributed by atoms with van der Waals surface area (Å²) in [5.41, 5.74) is 1.86. The van der Waals surface area contributed by atoms with E-state index in [4.69, 9.17) is 0 Å². The molecule has 0 saturated carbocycles. The molecule has 0 aliphatic carbocycles.